The normalized spacial score (nSPS) is 26.5. The summed E-state index contributed by atoms with van der Waals surface area (Å²) in [4.78, 5) is 27.5. The Kier molecular flexibility index (Phi) is 6.73. The third-order valence-corrected chi connectivity index (χ3v) is 11.8. The molecule has 1 amide bonds. The Labute approximate surface area is 247 Å². The number of carbonyl (C=O) groups is 2. The van der Waals surface area contributed by atoms with Crippen LogP contribution in [0.1, 0.15) is 97.5 Å². The molecule has 2 aromatic carbocycles. The number of benzene rings is 2. The molecule has 2 unspecified atom stereocenters. The fourth-order valence-corrected chi connectivity index (χ4v) is 8.81. The number of fused-ring (bicyclic) bond motifs is 4. The Morgan fingerprint density at radius 1 is 0.976 bits per heavy atom. The van der Waals surface area contributed by atoms with Crippen molar-refractivity contribution in [1.29, 1.82) is 0 Å². The van der Waals surface area contributed by atoms with Crippen molar-refractivity contribution in [2.24, 2.45) is 5.41 Å². The number of amides is 1. The molecular weight excluding hydrogens is 550 g/mol. The van der Waals surface area contributed by atoms with Gasteiger partial charge in [-0.2, -0.15) is 12.7 Å². The van der Waals surface area contributed by atoms with Crippen LogP contribution in [0.15, 0.2) is 36.4 Å². The van der Waals surface area contributed by atoms with Gasteiger partial charge in [0.15, 0.2) is 0 Å². The molecule has 2 aliphatic carbocycles. The molecule has 3 aromatic rings. The molecule has 0 saturated heterocycles. The maximum absolute atomic E-state index is 14.1. The molecule has 1 N–H and O–H groups in total. The summed E-state index contributed by atoms with van der Waals surface area (Å²) >= 11 is 0. The van der Waals surface area contributed by atoms with Gasteiger partial charge in [0, 0.05) is 54.5 Å². The van der Waals surface area contributed by atoms with Gasteiger partial charge in [-0.1, -0.05) is 31.7 Å². The third-order valence-electron chi connectivity index (χ3n) is 10.3. The van der Waals surface area contributed by atoms with Crippen molar-refractivity contribution in [1.82, 2.24) is 13.6 Å². The SMILES string of the molecule is COc1ccc2c(c1)C1CC13Cn1c-2c(C2CCCCC2)c2ccc(cc21)C(=O)NS(=O)(=O)N(C)CCCCCC3=O. The number of aromatic nitrogens is 1. The number of hydrogen-bond acceptors (Lipinski definition) is 5. The highest BCUT2D eigenvalue weighted by Gasteiger charge is 2.61. The van der Waals surface area contributed by atoms with E-state index >= 15 is 0 Å². The first-order valence-corrected chi connectivity index (χ1v) is 16.8. The summed E-state index contributed by atoms with van der Waals surface area (Å²) in [5, 5.41) is 1.10. The molecule has 9 heteroatoms. The van der Waals surface area contributed by atoms with Gasteiger partial charge in [-0.3, -0.25) is 9.59 Å². The summed E-state index contributed by atoms with van der Waals surface area (Å²) in [5.74, 6) is 0.965. The predicted octanol–water partition coefficient (Wildman–Crippen LogP) is 5.90. The first kappa shape index (κ1) is 27.7. The van der Waals surface area contributed by atoms with Crippen molar-refractivity contribution in [2.75, 3.05) is 20.7 Å². The number of nitrogens with one attached hydrogen (secondary N) is 1. The van der Waals surface area contributed by atoms with Crippen LogP contribution in [0.2, 0.25) is 0 Å². The highest BCUT2D eigenvalue weighted by Crippen LogP contribution is 2.66. The van der Waals surface area contributed by atoms with E-state index in [4.69, 9.17) is 4.74 Å². The van der Waals surface area contributed by atoms with Crippen LogP contribution in [0.5, 0.6) is 5.75 Å². The van der Waals surface area contributed by atoms with E-state index < -0.39 is 21.5 Å². The van der Waals surface area contributed by atoms with Gasteiger partial charge in [0.2, 0.25) is 0 Å². The summed E-state index contributed by atoms with van der Waals surface area (Å²) in [6.45, 7) is 0.853. The number of methoxy groups -OCH3 is 1. The number of Topliss-reactive ketones (excluding diaryl/α,β-unsaturated/α-hetero) is 1. The zero-order chi connectivity index (χ0) is 29.2. The molecule has 4 aliphatic rings. The van der Waals surface area contributed by atoms with Gasteiger partial charge in [-0.15, -0.1) is 0 Å². The number of nitrogens with zero attached hydrogens (tertiary/aromatic N) is 2. The molecule has 2 aliphatic heterocycles. The van der Waals surface area contributed by atoms with E-state index in [1.54, 1.807) is 13.2 Å². The summed E-state index contributed by atoms with van der Waals surface area (Å²) in [6, 6.07) is 11.9. The molecule has 1 aromatic heterocycles. The largest absolute Gasteiger partial charge is 0.497 e. The maximum atomic E-state index is 14.1. The second-order valence-electron chi connectivity index (χ2n) is 12.8. The standard InChI is InChI=1S/C33H39N3O5S/c1-35-16-8-4-7-11-29(37)33-19-27(33)26-18-23(41-2)13-15-24(26)31-30(21-9-5-3-6-10-21)25-14-12-22(17-28(25)36(31)20-33)32(38)34-42(35,39)40/h12-15,17-18,21,27H,3-11,16,19-20H2,1-2H3,(H,34,38). The molecule has 2 atom stereocenters. The van der Waals surface area contributed by atoms with Crippen molar-refractivity contribution in [3.05, 3.63) is 53.1 Å². The Morgan fingerprint density at radius 3 is 2.55 bits per heavy atom. The molecule has 7 rings (SSSR count). The Morgan fingerprint density at radius 2 is 1.76 bits per heavy atom. The quantitative estimate of drug-likeness (QED) is 0.401. The van der Waals surface area contributed by atoms with Gasteiger partial charge < -0.3 is 9.30 Å². The molecule has 4 bridgehead atoms. The van der Waals surface area contributed by atoms with E-state index in [0.29, 0.717) is 30.9 Å². The summed E-state index contributed by atoms with van der Waals surface area (Å²) in [5.41, 5.74) is 5.50. The summed E-state index contributed by atoms with van der Waals surface area (Å²) in [7, 11) is -0.815. The van der Waals surface area contributed by atoms with Gasteiger partial charge in [-0.05, 0) is 79.5 Å². The average molecular weight is 590 g/mol. The number of hydrogen-bond donors (Lipinski definition) is 1. The van der Waals surface area contributed by atoms with E-state index in [1.807, 2.05) is 18.2 Å². The van der Waals surface area contributed by atoms with Crippen LogP contribution in [0.25, 0.3) is 22.2 Å². The summed E-state index contributed by atoms with van der Waals surface area (Å²) in [6.07, 6.45) is 9.21. The van der Waals surface area contributed by atoms with Gasteiger partial charge in [0.25, 0.3) is 5.91 Å². The molecule has 1 spiro atoms. The van der Waals surface area contributed by atoms with E-state index in [2.05, 4.69) is 21.4 Å². The molecule has 2 fully saturated rings. The fourth-order valence-electron chi connectivity index (χ4n) is 7.93. The lowest BCUT2D eigenvalue weighted by Gasteiger charge is -2.24. The van der Waals surface area contributed by atoms with Gasteiger partial charge in [0.05, 0.1) is 18.2 Å². The van der Waals surface area contributed by atoms with Crippen LogP contribution in [0, 0.1) is 5.41 Å². The fraction of sp³-hybridized carbons (Fsp3) is 0.515. The van der Waals surface area contributed by atoms with Crippen LogP contribution < -0.4 is 9.46 Å². The van der Waals surface area contributed by atoms with Gasteiger partial charge >= 0.3 is 10.2 Å². The minimum Gasteiger partial charge on any atom is -0.497 e. The van der Waals surface area contributed by atoms with Crippen LogP contribution in [-0.4, -0.2) is 49.7 Å². The molecule has 8 nitrogen and oxygen atoms in total. The Hall–Kier alpha value is -3.17. The molecule has 0 radical (unpaired) electrons. The number of ether oxygens (including phenoxy) is 1. The van der Waals surface area contributed by atoms with Crippen molar-refractivity contribution in [2.45, 2.75) is 82.6 Å². The lowest BCUT2D eigenvalue weighted by Crippen LogP contribution is -2.41. The highest BCUT2D eigenvalue weighted by molar-refractivity contribution is 7.87. The number of ketones is 1. The van der Waals surface area contributed by atoms with E-state index in [9.17, 15) is 18.0 Å². The van der Waals surface area contributed by atoms with Crippen LogP contribution in [0.4, 0.5) is 0 Å². The first-order valence-electron chi connectivity index (χ1n) is 15.4. The summed E-state index contributed by atoms with van der Waals surface area (Å²) < 4.78 is 37.3. The Balaban J connectivity index is 1.48. The molecule has 2 saturated carbocycles. The minimum atomic E-state index is -3.99. The second kappa shape index (κ2) is 10.2. The van der Waals surface area contributed by atoms with Crippen molar-refractivity contribution >= 4 is 32.8 Å². The molecule has 222 valence electrons. The van der Waals surface area contributed by atoms with Crippen LogP contribution in [0.3, 0.4) is 0 Å². The second-order valence-corrected chi connectivity index (χ2v) is 14.6. The third kappa shape index (κ3) is 4.39. The highest BCUT2D eigenvalue weighted by atomic mass is 32.2. The Bertz CT molecular complexity index is 1700. The molecule has 42 heavy (non-hydrogen) atoms. The average Bonchev–Trinajstić information content (AvgIpc) is 3.66. The predicted molar refractivity (Wildman–Crippen MR) is 162 cm³/mol. The van der Waals surface area contributed by atoms with Crippen molar-refractivity contribution < 1.29 is 22.7 Å². The van der Waals surface area contributed by atoms with Crippen LogP contribution in [-0.2, 0) is 21.5 Å². The minimum absolute atomic E-state index is 0.130. The lowest BCUT2D eigenvalue weighted by molar-refractivity contribution is -0.125. The number of rotatable bonds is 2. The first-order chi connectivity index (χ1) is 20.2. The van der Waals surface area contributed by atoms with E-state index in [-0.39, 0.29) is 18.2 Å². The topological polar surface area (TPSA) is 97.7 Å². The van der Waals surface area contributed by atoms with Crippen LogP contribution >= 0.6 is 0 Å². The molecule has 3 heterocycles. The molecular formula is C33H39N3O5S. The van der Waals surface area contributed by atoms with Gasteiger partial charge in [-0.25, -0.2) is 4.72 Å². The monoisotopic (exact) mass is 589 g/mol. The smallest absolute Gasteiger partial charge is 0.303 e. The zero-order valence-electron chi connectivity index (χ0n) is 24.4. The van der Waals surface area contributed by atoms with E-state index in [1.165, 1.54) is 41.7 Å². The zero-order valence-corrected chi connectivity index (χ0v) is 25.3. The van der Waals surface area contributed by atoms with Crippen molar-refractivity contribution in [3.8, 4) is 17.0 Å². The lowest BCUT2D eigenvalue weighted by atomic mass is 9.81. The maximum Gasteiger partial charge on any atom is 0.303 e. The van der Waals surface area contributed by atoms with E-state index in [0.717, 1.165) is 60.0 Å². The van der Waals surface area contributed by atoms with Gasteiger partial charge in [0.1, 0.15) is 11.5 Å². The number of carbonyl (C=O) groups excluding carboxylic acids is 2. The van der Waals surface area contributed by atoms with Crippen molar-refractivity contribution in [3.63, 3.8) is 0 Å².